The van der Waals surface area contributed by atoms with Crippen LogP contribution in [0.2, 0.25) is 0 Å². The zero-order valence-electron chi connectivity index (χ0n) is 14.7. The maximum Gasteiger partial charge on any atom is 0.307 e. The molecule has 0 saturated carbocycles. The number of hydrogen-bond donors (Lipinski definition) is 2. The SMILES string of the molecule is COC(=O)CC(NC(=O)C1Cc2cccc(C)c2N1)c1ccc(Br)cc1. The van der Waals surface area contributed by atoms with Gasteiger partial charge >= 0.3 is 5.97 Å². The fourth-order valence-electron chi connectivity index (χ4n) is 3.18. The number of rotatable bonds is 5. The minimum absolute atomic E-state index is 0.0859. The van der Waals surface area contributed by atoms with Gasteiger partial charge in [-0.1, -0.05) is 46.3 Å². The van der Waals surface area contributed by atoms with Crippen LogP contribution in [-0.2, 0) is 20.7 Å². The average molecular weight is 417 g/mol. The van der Waals surface area contributed by atoms with E-state index in [0.717, 1.165) is 26.9 Å². The van der Waals surface area contributed by atoms with Crippen molar-refractivity contribution in [3.05, 3.63) is 63.6 Å². The third-order valence-electron chi connectivity index (χ3n) is 4.61. The van der Waals surface area contributed by atoms with Gasteiger partial charge in [-0.25, -0.2) is 0 Å². The summed E-state index contributed by atoms with van der Waals surface area (Å²) in [6.45, 7) is 2.02. The molecule has 1 aliphatic heterocycles. The Morgan fingerprint density at radius 1 is 1.27 bits per heavy atom. The van der Waals surface area contributed by atoms with Crippen molar-refractivity contribution < 1.29 is 14.3 Å². The van der Waals surface area contributed by atoms with Gasteiger partial charge in [-0.15, -0.1) is 0 Å². The summed E-state index contributed by atoms with van der Waals surface area (Å²) in [5, 5.41) is 6.30. The van der Waals surface area contributed by atoms with E-state index >= 15 is 0 Å². The van der Waals surface area contributed by atoms with Gasteiger partial charge in [0, 0.05) is 16.6 Å². The van der Waals surface area contributed by atoms with Crippen molar-refractivity contribution in [1.82, 2.24) is 5.32 Å². The van der Waals surface area contributed by atoms with Gasteiger partial charge in [-0.3, -0.25) is 9.59 Å². The molecule has 1 amide bonds. The number of ether oxygens (including phenoxy) is 1. The predicted molar refractivity (Wildman–Crippen MR) is 104 cm³/mol. The second-order valence-corrected chi connectivity index (χ2v) is 7.32. The van der Waals surface area contributed by atoms with Crippen molar-refractivity contribution in [1.29, 1.82) is 0 Å². The van der Waals surface area contributed by atoms with Crippen molar-refractivity contribution in [3.8, 4) is 0 Å². The molecule has 6 heteroatoms. The highest BCUT2D eigenvalue weighted by Gasteiger charge is 2.29. The van der Waals surface area contributed by atoms with E-state index < -0.39 is 6.04 Å². The molecule has 0 aromatic heterocycles. The average Bonchev–Trinajstić information content (AvgIpc) is 3.07. The molecule has 2 aromatic rings. The lowest BCUT2D eigenvalue weighted by Crippen LogP contribution is -2.41. The van der Waals surface area contributed by atoms with Crippen LogP contribution in [0.4, 0.5) is 5.69 Å². The lowest BCUT2D eigenvalue weighted by molar-refractivity contribution is -0.141. The van der Waals surface area contributed by atoms with Crippen LogP contribution in [0.1, 0.15) is 29.2 Å². The Kier molecular flexibility index (Phi) is 5.61. The molecule has 0 radical (unpaired) electrons. The summed E-state index contributed by atoms with van der Waals surface area (Å²) in [7, 11) is 1.35. The largest absolute Gasteiger partial charge is 0.469 e. The van der Waals surface area contributed by atoms with E-state index in [1.165, 1.54) is 7.11 Å². The molecule has 0 aliphatic carbocycles. The Balaban J connectivity index is 1.74. The maximum atomic E-state index is 12.8. The van der Waals surface area contributed by atoms with E-state index in [4.69, 9.17) is 4.74 Å². The first-order valence-electron chi connectivity index (χ1n) is 8.45. The van der Waals surface area contributed by atoms with E-state index in [1.807, 2.05) is 49.4 Å². The first-order valence-corrected chi connectivity index (χ1v) is 9.25. The minimum atomic E-state index is -0.436. The second-order valence-electron chi connectivity index (χ2n) is 6.40. The van der Waals surface area contributed by atoms with E-state index in [2.05, 4.69) is 26.6 Å². The number of benzene rings is 2. The second kappa shape index (κ2) is 7.91. The number of carbonyl (C=O) groups is 2. The Morgan fingerprint density at radius 3 is 2.65 bits per heavy atom. The van der Waals surface area contributed by atoms with Crippen molar-refractivity contribution in [2.75, 3.05) is 12.4 Å². The van der Waals surface area contributed by atoms with Crippen molar-refractivity contribution in [2.45, 2.75) is 31.8 Å². The van der Waals surface area contributed by atoms with Gasteiger partial charge in [-0.05, 0) is 35.7 Å². The van der Waals surface area contributed by atoms with E-state index in [0.29, 0.717) is 6.42 Å². The smallest absolute Gasteiger partial charge is 0.307 e. The first-order chi connectivity index (χ1) is 12.5. The highest BCUT2D eigenvalue weighted by Crippen LogP contribution is 2.29. The quantitative estimate of drug-likeness (QED) is 0.731. The number of halogens is 1. The molecule has 0 bridgehead atoms. The van der Waals surface area contributed by atoms with Crippen molar-refractivity contribution in [2.24, 2.45) is 0 Å². The molecule has 136 valence electrons. The van der Waals surface area contributed by atoms with Crippen LogP contribution >= 0.6 is 15.9 Å². The lowest BCUT2D eigenvalue weighted by atomic mass is 10.0. The van der Waals surface area contributed by atoms with Gasteiger partial charge in [0.1, 0.15) is 6.04 Å². The standard InChI is InChI=1S/C20H21BrN2O3/c1-12-4-3-5-14-10-17(22-19(12)14)20(25)23-16(11-18(24)26-2)13-6-8-15(21)9-7-13/h3-9,16-17,22H,10-11H2,1-2H3,(H,23,25). The molecule has 2 aromatic carbocycles. The van der Waals surface area contributed by atoms with Gasteiger partial charge in [-0.2, -0.15) is 0 Å². The van der Waals surface area contributed by atoms with Crippen LogP contribution in [0.25, 0.3) is 0 Å². The number of para-hydroxylation sites is 1. The topological polar surface area (TPSA) is 67.4 Å². The number of aryl methyl sites for hydroxylation is 1. The molecule has 5 nitrogen and oxygen atoms in total. The summed E-state index contributed by atoms with van der Waals surface area (Å²) in [4.78, 5) is 24.6. The van der Waals surface area contributed by atoms with Crippen molar-refractivity contribution >= 4 is 33.5 Å². The summed E-state index contributed by atoms with van der Waals surface area (Å²) in [6, 6.07) is 12.8. The summed E-state index contributed by atoms with van der Waals surface area (Å²) in [5.41, 5.74) is 4.15. The molecule has 3 rings (SSSR count). The molecule has 0 spiro atoms. The highest BCUT2D eigenvalue weighted by molar-refractivity contribution is 9.10. The van der Waals surface area contributed by atoms with Crippen LogP contribution < -0.4 is 10.6 Å². The maximum absolute atomic E-state index is 12.8. The Labute approximate surface area is 161 Å². The molecule has 0 fully saturated rings. The van der Waals surface area contributed by atoms with Crippen LogP contribution in [0.15, 0.2) is 46.9 Å². The van der Waals surface area contributed by atoms with Gasteiger partial charge in [0.15, 0.2) is 0 Å². The number of methoxy groups -OCH3 is 1. The molecular weight excluding hydrogens is 396 g/mol. The van der Waals surface area contributed by atoms with E-state index in [-0.39, 0.29) is 24.3 Å². The number of fused-ring (bicyclic) bond motifs is 1. The summed E-state index contributed by atoms with van der Waals surface area (Å²) >= 11 is 3.40. The first kappa shape index (κ1) is 18.5. The van der Waals surface area contributed by atoms with E-state index in [1.54, 1.807) is 0 Å². The zero-order chi connectivity index (χ0) is 18.7. The molecule has 2 unspecified atom stereocenters. The van der Waals surface area contributed by atoms with Crippen LogP contribution in [0.5, 0.6) is 0 Å². The molecule has 2 atom stereocenters. The molecule has 0 saturated heterocycles. The predicted octanol–water partition coefficient (Wildman–Crippen LogP) is 3.51. The van der Waals surface area contributed by atoms with Crippen LogP contribution in [-0.4, -0.2) is 25.0 Å². The van der Waals surface area contributed by atoms with Gasteiger partial charge < -0.3 is 15.4 Å². The number of anilines is 1. The number of hydrogen-bond acceptors (Lipinski definition) is 4. The molecule has 1 heterocycles. The lowest BCUT2D eigenvalue weighted by Gasteiger charge is -2.21. The Hall–Kier alpha value is -2.34. The highest BCUT2D eigenvalue weighted by atomic mass is 79.9. The molecule has 2 N–H and O–H groups in total. The number of carbonyl (C=O) groups excluding carboxylic acids is 2. The zero-order valence-corrected chi connectivity index (χ0v) is 16.3. The monoisotopic (exact) mass is 416 g/mol. The molecular formula is C20H21BrN2O3. The number of amides is 1. The van der Waals surface area contributed by atoms with Gasteiger partial charge in [0.05, 0.1) is 19.6 Å². The van der Waals surface area contributed by atoms with Crippen molar-refractivity contribution in [3.63, 3.8) is 0 Å². The fraction of sp³-hybridized carbons (Fsp3) is 0.300. The summed E-state index contributed by atoms with van der Waals surface area (Å²) in [5.74, 6) is -0.492. The van der Waals surface area contributed by atoms with Gasteiger partial charge in [0.2, 0.25) is 5.91 Å². The molecule has 26 heavy (non-hydrogen) atoms. The third-order valence-corrected chi connectivity index (χ3v) is 5.13. The number of esters is 1. The summed E-state index contributed by atoms with van der Waals surface area (Å²) in [6.07, 6.45) is 0.719. The van der Waals surface area contributed by atoms with Gasteiger partial charge in [0.25, 0.3) is 0 Å². The Morgan fingerprint density at radius 2 is 2.00 bits per heavy atom. The Bertz CT molecular complexity index is 820. The normalized spacial score (nSPS) is 16.3. The summed E-state index contributed by atoms with van der Waals surface area (Å²) < 4.78 is 5.72. The van der Waals surface area contributed by atoms with Crippen LogP contribution in [0, 0.1) is 6.92 Å². The third kappa shape index (κ3) is 4.07. The fourth-order valence-corrected chi connectivity index (χ4v) is 3.44. The van der Waals surface area contributed by atoms with Crippen LogP contribution in [0.3, 0.4) is 0 Å². The number of nitrogens with one attached hydrogen (secondary N) is 2. The molecule has 1 aliphatic rings. The van der Waals surface area contributed by atoms with E-state index in [9.17, 15) is 9.59 Å². The minimum Gasteiger partial charge on any atom is -0.469 e.